The van der Waals surface area contributed by atoms with Gasteiger partial charge in [-0.1, -0.05) is 48.0 Å². The van der Waals surface area contributed by atoms with Crippen LogP contribution in [-0.2, 0) is 11.4 Å². The van der Waals surface area contributed by atoms with Gasteiger partial charge in [-0.2, -0.15) is 10.1 Å². The molecular formula is C28H26ClN5O4. The number of halogens is 1. The van der Waals surface area contributed by atoms with E-state index in [2.05, 4.69) is 20.7 Å². The van der Waals surface area contributed by atoms with Crippen LogP contribution in [-0.4, -0.2) is 34.9 Å². The maximum atomic E-state index is 13.8. The van der Waals surface area contributed by atoms with Crippen LogP contribution in [0.1, 0.15) is 24.1 Å². The number of benzene rings is 3. The maximum Gasteiger partial charge on any atom is 0.255 e. The molecule has 1 aliphatic heterocycles. The number of nitrogens with zero attached hydrogens (tertiary/aromatic N) is 3. The van der Waals surface area contributed by atoms with Gasteiger partial charge in [0.25, 0.3) is 5.91 Å². The molecule has 0 bridgehead atoms. The Labute approximate surface area is 225 Å². The number of carbonyl (C=O) groups is 1. The van der Waals surface area contributed by atoms with Crippen LogP contribution in [0.2, 0.25) is 5.02 Å². The number of hydrogen-bond donors (Lipinski definition) is 2. The third kappa shape index (κ3) is 4.88. The number of nitrogens with one attached hydrogen (secondary N) is 2. The molecule has 1 unspecified atom stereocenters. The fraction of sp³-hybridized carbons (Fsp3) is 0.179. The minimum Gasteiger partial charge on any atom is -0.495 e. The van der Waals surface area contributed by atoms with Crippen LogP contribution >= 0.6 is 11.6 Å². The number of hydrogen-bond acceptors (Lipinski definition) is 7. The summed E-state index contributed by atoms with van der Waals surface area (Å²) in [5.41, 5.74) is 3.25. The Morgan fingerprint density at radius 2 is 1.76 bits per heavy atom. The minimum absolute atomic E-state index is 0.269. The van der Waals surface area contributed by atoms with Gasteiger partial charge < -0.3 is 24.8 Å². The predicted octanol–water partition coefficient (Wildman–Crippen LogP) is 5.46. The Morgan fingerprint density at radius 3 is 2.53 bits per heavy atom. The Kier molecular flexibility index (Phi) is 7.19. The number of fused-ring (bicyclic) bond motifs is 1. The lowest BCUT2D eigenvalue weighted by atomic mass is 9.93. The van der Waals surface area contributed by atoms with Gasteiger partial charge >= 0.3 is 0 Å². The number of methoxy groups -OCH3 is 2. The molecule has 0 spiro atoms. The van der Waals surface area contributed by atoms with Crippen LogP contribution in [0, 0.1) is 0 Å². The normalized spacial score (nSPS) is 14.4. The van der Waals surface area contributed by atoms with Crippen molar-refractivity contribution in [2.45, 2.75) is 19.6 Å². The molecule has 4 aromatic rings. The second-order valence-corrected chi connectivity index (χ2v) is 8.98. The number of ether oxygens (including phenoxy) is 3. The zero-order chi connectivity index (χ0) is 26.6. The Bertz CT molecular complexity index is 1500. The van der Waals surface area contributed by atoms with E-state index in [1.807, 2.05) is 61.5 Å². The summed E-state index contributed by atoms with van der Waals surface area (Å²) in [6.07, 6.45) is 1.44. The summed E-state index contributed by atoms with van der Waals surface area (Å²) in [7, 11) is 3.14. The van der Waals surface area contributed by atoms with Crippen molar-refractivity contribution in [1.82, 2.24) is 14.8 Å². The van der Waals surface area contributed by atoms with E-state index in [1.54, 1.807) is 31.0 Å². The number of aromatic nitrogens is 3. The Hall–Kier alpha value is -4.50. The van der Waals surface area contributed by atoms with Gasteiger partial charge in [0, 0.05) is 16.3 Å². The zero-order valence-corrected chi connectivity index (χ0v) is 21.8. The third-order valence-electron chi connectivity index (χ3n) is 6.21. The first kappa shape index (κ1) is 25.2. The standard InChI is InChI=1S/C28H26ClN5O4/c1-17-24(27(35)33-21-8-4-5-9-22(21)36-2)25(34-28(32-17)30-16-31-34)20-7-6-10-23(37-3)26(20)38-15-18-11-13-19(29)14-12-18/h4-14,16,25H,15H2,1-3H3,(H,33,35)(H,30,31,32). The average molecular weight is 532 g/mol. The van der Waals surface area contributed by atoms with Gasteiger partial charge in [-0.05, 0) is 42.8 Å². The highest BCUT2D eigenvalue weighted by Crippen LogP contribution is 2.43. The monoisotopic (exact) mass is 531 g/mol. The minimum atomic E-state index is -0.654. The molecule has 0 aliphatic carbocycles. The quantitative estimate of drug-likeness (QED) is 0.311. The highest BCUT2D eigenvalue weighted by molar-refractivity contribution is 6.30. The largest absolute Gasteiger partial charge is 0.495 e. The molecule has 0 fully saturated rings. The van der Waals surface area contributed by atoms with E-state index in [0.29, 0.717) is 50.7 Å². The van der Waals surface area contributed by atoms with Gasteiger partial charge in [-0.3, -0.25) is 4.79 Å². The van der Waals surface area contributed by atoms with Gasteiger partial charge in [0.2, 0.25) is 5.95 Å². The Balaban J connectivity index is 1.57. The molecule has 0 radical (unpaired) electrons. The van der Waals surface area contributed by atoms with E-state index in [1.165, 1.54) is 6.33 Å². The summed E-state index contributed by atoms with van der Waals surface area (Å²) < 4.78 is 19.1. The lowest BCUT2D eigenvalue weighted by molar-refractivity contribution is -0.113. The lowest BCUT2D eigenvalue weighted by Crippen LogP contribution is -2.32. The van der Waals surface area contributed by atoms with Crippen molar-refractivity contribution >= 4 is 29.1 Å². The van der Waals surface area contributed by atoms with Crippen molar-refractivity contribution in [1.29, 1.82) is 0 Å². The van der Waals surface area contributed by atoms with E-state index in [9.17, 15) is 4.79 Å². The maximum absolute atomic E-state index is 13.8. The van der Waals surface area contributed by atoms with Gasteiger partial charge in [0.05, 0.1) is 25.5 Å². The second kappa shape index (κ2) is 10.9. The Morgan fingerprint density at radius 1 is 1.03 bits per heavy atom. The predicted molar refractivity (Wildman–Crippen MR) is 145 cm³/mol. The number of allylic oxidation sites excluding steroid dienone is 1. The van der Waals surface area contributed by atoms with Crippen LogP contribution in [0.3, 0.4) is 0 Å². The average Bonchev–Trinajstić information content (AvgIpc) is 3.40. The lowest BCUT2D eigenvalue weighted by Gasteiger charge is -2.30. The molecule has 9 nitrogen and oxygen atoms in total. The molecule has 1 amide bonds. The number of para-hydroxylation sites is 3. The molecule has 3 aromatic carbocycles. The number of anilines is 2. The first-order chi connectivity index (χ1) is 18.5. The molecule has 38 heavy (non-hydrogen) atoms. The van der Waals surface area contributed by atoms with Crippen molar-refractivity contribution in [2.75, 3.05) is 24.9 Å². The van der Waals surface area contributed by atoms with Crippen molar-refractivity contribution in [3.05, 3.63) is 100 Å². The third-order valence-corrected chi connectivity index (χ3v) is 6.47. The van der Waals surface area contributed by atoms with Gasteiger partial charge in [-0.15, -0.1) is 0 Å². The molecule has 10 heteroatoms. The summed E-state index contributed by atoms with van der Waals surface area (Å²) >= 11 is 6.04. The van der Waals surface area contributed by atoms with Gasteiger partial charge in [0.15, 0.2) is 11.5 Å². The van der Waals surface area contributed by atoms with E-state index < -0.39 is 6.04 Å². The first-order valence-corrected chi connectivity index (χ1v) is 12.2. The van der Waals surface area contributed by atoms with E-state index in [4.69, 9.17) is 25.8 Å². The van der Waals surface area contributed by atoms with Crippen molar-refractivity contribution < 1.29 is 19.0 Å². The number of rotatable bonds is 8. The van der Waals surface area contributed by atoms with Crippen molar-refractivity contribution in [2.24, 2.45) is 0 Å². The van der Waals surface area contributed by atoms with Gasteiger partial charge in [-0.25, -0.2) is 4.68 Å². The molecule has 0 saturated carbocycles. The molecule has 2 heterocycles. The van der Waals surface area contributed by atoms with Crippen LogP contribution < -0.4 is 24.8 Å². The summed E-state index contributed by atoms with van der Waals surface area (Å²) in [5.74, 6) is 1.76. The molecule has 0 saturated heterocycles. The van der Waals surface area contributed by atoms with Crippen LogP contribution in [0.4, 0.5) is 11.6 Å². The fourth-order valence-electron chi connectivity index (χ4n) is 4.41. The van der Waals surface area contributed by atoms with Crippen molar-refractivity contribution in [3.8, 4) is 17.2 Å². The van der Waals surface area contributed by atoms with E-state index in [0.717, 1.165) is 5.56 Å². The smallest absolute Gasteiger partial charge is 0.255 e. The summed E-state index contributed by atoms with van der Waals surface area (Å²) in [6.45, 7) is 2.10. The van der Waals surface area contributed by atoms with Gasteiger partial charge in [0.1, 0.15) is 24.7 Å². The molecule has 5 rings (SSSR count). The molecule has 1 aliphatic rings. The summed E-state index contributed by atoms with van der Waals surface area (Å²) in [6, 6.07) is 19.6. The SMILES string of the molecule is COc1ccccc1NC(=O)C1=C(C)Nc2ncnn2C1c1cccc(OC)c1OCc1ccc(Cl)cc1. The molecule has 1 atom stereocenters. The first-order valence-electron chi connectivity index (χ1n) is 11.9. The molecule has 194 valence electrons. The molecule has 2 N–H and O–H groups in total. The highest BCUT2D eigenvalue weighted by atomic mass is 35.5. The zero-order valence-electron chi connectivity index (χ0n) is 21.1. The van der Waals surface area contributed by atoms with Crippen LogP contribution in [0.5, 0.6) is 17.2 Å². The summed E-state index contributed by atoms with van der Waals surface area (Å²) in [5, 5.41) is 11.3. The number of amides is 1. The highest BCUT2D eigenvalue weighted by Gasteiger charge is 2.36. The van der Waals surface area contributed by atoms with Crippen LogP contribution in [0.25, 0.3) is 0 Å². The van der Waals surface area contributed by atoms with E-state index >= 15 is 0 Å². The fourth-order valence-corrected chi connectivity index (χ4v) is 4.54. The second-order valence-electron chi connectivity index (χ2n) is 8.54. The topological polar surface area (TPSA) is 99.5 Å². The number of carbonyl (C=O) groups excluding carboxylic acids is 1. The van der Waals surface area contributed by atoms with Crippen LogP contribution in [0.15, 0.2) is 84.3 Å². The summed E-state index contributed by atoms with van der Waals surface area (Å²) in [4.78, 5) is 18.2. The molecule has 1 aromatic heterocycles. The van der Waals surface area contributed by atoms with E-state index in [-0.39, 0.29) is 12.5 Å². The molecular weight excluding hydrogens is 506 g/mol. The van der Waals surface area contributed by atoms with Crippen molar-refractivity contribution in [3.63, 3.8) is 0 Å².